The summed E-state index contributed by atoms with van der Waals surface area (Å²) in [5.41, 5.74) is 1.95. The van der Waals surface area contributed by atoms with Gasteiger partial charge < -0.3 is 9.30 Å². The molecule has 0 saturated heterocycles. The minimum Gasteiger partial charge on any atom is -0.465 e. The number of fused-ring (bicyclic) bond motifs is 1. The molecule has 3 rings (SSSR count). The zero-order valence-electron chi connectivity index (χ0n) is 13.7. The van der Waals surface area contributed by atoms with Crippen LogP contribution in [0.4, 0.5) is 0 Å². The van der Waals surface area contributed by atoms with Crippen LogP contribution >= 0.6 is 0 Å². The van der Waals surface area contributed by atoms with E-state index in [1.165, 1.54) is 0 Å². The molecule has 0 bridgehead atoms. The molecule has 1 aliphatic rings. The number of benzene rings is 1. The molecule has 0 spiro atoms. The first kappa shape index (κ1) is 16.6. The minimum atomic E-state index is -1.07. The number of rotatable bonds is 5. The van der Waals surface area contributed by atoms with E-state index < -0.39 is 10.8 Å². The summed E-state index contributed by atoms with van der Waals surface area (Å²) in [6.07, 6.45) is 2.26. The Bertz CT molecular complexity index is 807. The van der Waals surface area contributed by atoms with Crippen LogP contribution < -0.4 is 0 Å². The predicted molar refractivity (Wildman–Crippen MR) is 90.6 cm³/mol. The molecule has 2 aromatic rings. The van der Waals surface area contributed by atoms with Crippen LogP contribution in [0.2, 0.25) is 0 Å². The molecule has 0 amide bonds. The lowest BCUT2D eigenvalue weighted by Gasteiger charge is -2.08. The average Bonchev–Trinajstić information content (AvgIpc) is 3.16. The number of esters is 1. The van der Waals surface area contributed by atoms with Gasteiger partial charge in [0.15, 0.2) is 0 Å². The molecule has 6 heteroatoms. The maximum Gasteiger partial charge on any atom is 0.315 e. The van der Waals surface area contributed by atoms with Crippen LogP contribution in [0, 0.1) is 0 Å². The van der Waals surface area contributed by atoms with Gasteiger partial charge in [-0.1, -0.05) is 0 Å². The monoisotopic (exact) mass is 345 g/mol. The minimum absolute atomic E-state index is 0.0980. The van der Waals surface area contributed by atoms with Crippen LogP contribution in [0.25, 0.3) is 0 Å². The molecule has 1 aromatic heterocycles. The van der Waals surface area contributed by atoms with E-state index in [1.54, 1.807) is 43.5 Å². The fraction of sp³-hybridized carbons (Fsp3) is 0.333. The summed E-state index contributed by atoms with van der Waals surface area (Å²) in [5.74, 6) is -0.626. The highest BCUT2D eigenvalue weighted by molar-refractivity contribution is 7.84. The summed E-state index contributed by atoms with van der Waals surface area (Å²) >= 11 is 0. The zero-order chi connectivity index (χ0) is 17.3. The average molecular weight is 345 g/mol. The van der Waals surface area contributed by atoms with Crippen molar-refractivity contribution in [2.24, 2.45) is 0 Å². The number of aromatic nitrogens is 1. The number of ether oxygens (including phenoxy) is 1. The third kappa shape index (κ3) is 2.94. The van der Waals surface area contributed by atoms with Crippen molar-refractivity contribution in [2.45, 2.75) is 30.7 Å². The second kappa shape index (κ2) is 6.73. The first-order chi connectivity index (χ1) is 11.5. The summed E-state index contributed by atoms with van der Waals surface area (Å²) in [6, 6.07) is 10.4. The van der Waals surface area contributed by atoms with Crippen LogP contribution in [0.15, 0.2) is 41.3 Å². The first-order valence-corrected chi connectivity index (χ1v) is 9.43. The van der Waals surface area contributed by atoms with Gasteiger partial charge in [0.05, 0.1) is 18.2 Å². The van der Waals surface area contributed by atoms with Crippen LogP contribution in [0.5, 0.6) is 0 Å². The molecular weight excluding hydrogens is 326 g/mol. The molecule has 1 aromatic carbocycles. The molecule has 2 atom stereocenters. The fourth-order valence-electron chi connectivity index (χ4n) is 3.07. The van der Waals surface area contributed by atoms with Gasteiger partial charge in [0.2, 0.25) is 5.78 Å². The van der Waals surface area contributed by atoms with E-state index in [1.807, 2.05) is 10.6 Å². The van der Waals surface area contributed by atoms with E-state index in [0.29, 0.717) is 35.7 Å². The molecule has 1 aliphatic heterocycles. The Morgan fingerprint density at radius 2 is 1.92 bits per heavy atom. The Kier molecular flexibility index (Phi) is 4.66. The third-order valence-corrected chi connectivity index (χ3v) is 5.20. The Morgan fingerprint density at radius 3 is 2.54 bits per heavy atom. The lowest BCUT2D eigenvalue weighted by atomic mass is 10.1. The summed E-state index contributed by atoms with van der Waals surface area (Å²) in [5, 5.41) is 0. The lowest BCUT2D eigenvalue weighted by molar-refractivity contribution is -0.144. The van der Waals surface area contributed by atoms with Crippen molar-refractivity contribution in [1.82, 2.24) is 4.57 Å². The first-order valence-electron chi connectivity index (χ1n) is 7.87. The topological polar surface area (TPSA) is 65.4 Å². The van der Waals surface area contributed by atoms with Crippen molar-refractivity contribution < 1.29 is 18.5 Å². The van der Waals surface area contributed by atoms with Crippen molar-refractivity contribution in [3.63, 3.8) is 0 Å². The lowest BCUT2D eigenvalue weighted by Crippen LogP contribution is -2.13. The molecule has 0 aliphatic carbocycles. The molecule has 0 fully saturated rings. The Labute approximate surface area is 143 Å². The number of nitrogens with zero attached hydrogens (tertiary/aromatic N) is 1. The van der Waals surface area contributed by atoms with Crippen LogP contribution in [-0.2, 0) is 26.9 Å². The van der Waals surface area contributed by atoms with Gasteiger partial charge in [0.1, 0.15) is 0 Å². The number of ketones is 1. The van der Waals surface area contributed by atoms with Gasteiger partial charge in [-0.25, -0.2) is 0 Å². The van der Waals surface area contributed by atoms with Crippen molar-refractivity contribution in [2.75, 3.05) is 12.9 Å². The van der Waals surface area contributed by atoms with E-state index >= 15 is 0 Å². The van der Waals surface area contributed by atoms with Gasteiger partial charge in [-0.2, -0.15) is 0 Å². The third-order valence-electron chi connectivity index (χ3n) is 4.27. The normalized spacial score (nSPS) is 17.3. The molecule has 5 nitrogen and oxygen atoms in total. The smallest absolute Gasteiger partial charge is 0.315 e. The molecule has 24 heavy (non-hydrogen) atoms. The molecule has 2 heterocycles. The van der Waals surface area contributed by atoms with E-state index in [9.17, 15) is 13.8 Å². The van der Waals surface area contributed by atoms with Crippen molar-refractivity contribution in [3.05, 3.63) is 53.3 Å². The maximum absolute atomic E-state index is 12.7. The van der Waals surface area contributed by atoms with Gasteiger partial charge >= 0.3 is 5.97 Å². The highest BCUT2D eigenvalue weighted by Crippen LogP contribution is 2.32. The standard InChI is InChI=1S/C18H19NO4S/c1-3-23-18(21)14-10-11-19-15(14)8-9-16(19)17(20)12-4-6-13(7-5-12)24(2)22/h4-9,14H,3,10-11H2,1-2H3. The predicted octanol–water partition coefficient (Wildman–Crippen LogP) is 2.51. The quantitative estimate of drug-likeness (QED) is 0.617. The second-order valence-corrected chi connectivity index (χ2v) is 7.08. The van der Waals surface area contributed by atoms with Crippen molar-refractivity contribution >= 4 is 22.6 Å². The van der Waals surface area contributed by atoms with Crippen molar-refractivity contribution in [3.8, 4) is 0 Å². The Balaban J connectivity index is 1.86. The van der Waals surface area contributed by atoms with Gasteiger partial charge in [0, 0.05) is 39.8 Å². The molecule has 126 valence electrons. The van der Waals surface area contributed by atoms with Crippen LogP contribution in [0.3, 0.4) is 0 Å². The highest BCUT2D eigenvalue weighted by Gasteiger charge is 2.32. The zero-order valence-corrected chi connectivity index (χ0v) is 14.5. The number of hydrogen-bond acceptors (Lipinski definition) is 4. The molecular formula is C18H19NO4S. The highest BCUT2D eigenvalue weighted by atomic mass is 32.2. The summed E-state index contributed by atoms with van der Waals surface area (Å²) in [7, 11) is -1.07. The van der Waals surface area contributed by atoms with Crippen molar-refractivity contribution in [1.29, 1.82) is 0 Å². The van der Waals surface area contributed by atoms with Gasteiger partial charge in [-0.05, 0) is 49.7 Å². The van der Waals surface area contributed by atoms with Gasteiger partial charge in [-0.3, -0.25) is 13.8 Å². The van der Waals surface area contributed by atoms with Crippen LogP contribution in [0.1, 0.15) is 41.0 Å². The molecule has 2 unspecified atom stereocenters. The largest absolute Gasteiger partial charge is 0.465 e. The van der Waals surface area contributed by atoms with Crippen LogP contribution in [-0.4, -0.2) is 33.4 Å². The summed E-state index contributed by atoms with van der Waals surface area (Å²) < 4.78 is 18.4. The Hall–Kier alpha value is -2.21. The Morgan fingerprint density at radius 1 is 1.21 bits per heavy atom. The van der Waals surface area contributed by atoms with Gasteiger partial charge in [0.25, 0.3) is 0 Å². The summed E-state index contributed by atoms with van der Waals surface area (Å²) in [4.78, 5) is 25.4. The van der Waals surface area contributed by atoms with E-state index in [-0.39, 0.29) is 17.7 Å². The molecule has 0 N–H and O–H groups in total. The number of carbonyl (C=O) groups is 2. The molecule has 0 radical (unpaired) electrons. The fourth-order valence-corrected chi connectivity index (χ4v) is 3.59. The van der Waals surface area contributed by atoms with E-state index in [0.717, 1.165) is 5.69 Å². The SMILES string of the molecule is CCOC(=O)C1CCn2c(C(=O)c3ccc(S(C)=O)cc3)ccc21. The summed E-state index contributed by atoms with van der Waals surface area (Å²) in [6.45, 7) is 2.77. The number of hydrogen-bond donors (Lipinski definition) is 0. The molecule has 0 saturated carbocycles. The van der Waals surface area contributed by atoms with E-state index in [2.05, 4.69) is 0 Å². The van der Waals surface area contributed by atoms with E-state index in [4.69, 9.17) is 4.74 Å². The second-order valence-electron chi connectivity index (χ2n) is 5.70. The maximum atomic E-state index is 12.7. The number of carbonyl (C=O) groups excluding carboxylic acids is 2. The van der Waals surface area contributed by atoms with Gasteiger partial charge in [-0.15, -0.1) is 0 Å².